The first-order valence-electron chi connectivity index (χ1n) is 11.2. The Kier molecular flexibility index (Phi) is 7.09. The first-order chi connectivity index (χ1) is 14.7. The summed E-state index contributed by atoms with van der Waals surface area (Å²) in [4.78, 5) is 41.5. The highest BCUT2D eigenvalue weighted by Crippen LogP contribution is 2.45. The van der Waals surface area contributed by atoms with Crippen molar-refractivity contribution >= 4 is 17.8 Å². The second-order valence-corrected chi connectivity index (χ2v) is 9.41. The minimum atomic E-state index is -0.865. The van der Waals surface area contributed by atoms with Crippen molar-refractivity contribution in [2.45, 2.75) is 65.0 Å². The van der Waals surface area contributed by atoms with Crippen LogP contribution in [0.15, 0.2) is 22.8 Å². The van der Waals surface area contributed by atoms with Crippen LogP contribution in [0.5, 0.6) is 0 Å². The molecule has 4 amide bonds. The van der Waals surface area contributed by atoms with Gasteiger partial charge in [0.2, 0.25) is 5.91 Å². The molecule has 0 unspecified atom stereocenters. The van der Waals surface area contributed by atoms with Gasteiger partial charge in [-0.1, -0.05) is 27.2 Å². The van der Waals surface area contributed by atoms with E-state index in [1.54, 1.807) is 30.4 Å². The van der Waals surface area contributed by atoms with Crippen molar-refractivity contribution in [3.05, 3.63) is 24.2 Å². The number of carbonyl (C=O) groups is 3. The van der Waals surface area contributed by atoms with Crippen molar-refractivity contribution in [2.24, 2.45) is 11.3 Å². The van der Waals surface area contributed by atoms with Crippen LogP contribution >= 0.6 is 0 Å². The summed E-state index contributed by atoms with van der Waals surface area (Å²) >= 11 is 0. The molecule has 0 radical (unpaired) electrons. The molecule has 8 nitrogen and oxygen atoms in total. The number of hydrogen-bond donors (Lipinski definition) is 1. The molecule has 31 heavy (non-hydrogen) atoms. The Hall–Kier alpha value is -2.35. The van der Waals surface area contributed by atoms with E-state index in [4.69, 9.17) is 9.15 Å². The molecule has 1 aliphatic carbocycles. The van der Waals surface area contributed by atoms with Gasteiger partial charge in [0.05, 0.1) is 19.4 Å². The van der Waals surface area contributed by atoms with Gasteiger partial charge in [-0.15, -0.1) is 0 Å². The van der Waals surface area contributed by atoms with Crippen LogP contribution in [0.4, 0.5) is 4.79 Å². The number of carbonyl (C=O) groups excluding carboxylic acids is 3. The zero-order valence-corrected chi connectivity index (χ0v) is 19.1. The number of methoxy groups -OCH3 is 1. The second-order valence-electron chi connectivity index (χ2n) is 9.41. The molecule has 2 heterocycles. The van der Waals surface area contributed by atoms with Crippen molar-refractivity contribution < 1.29 is 23.5 Å². The van der Waals surface area contributed by atoms with E-state index in [9.17, 15) is 14.4 Å². The maximum Gasteiger partial charge on any atom is 0.325 e. The molecule has 1 spiro atoms. The van der Waals surface area contributed by atoms with Gasteiger partial charge in [0.15, 0.2) is 0 Å². The van der Waals surface area contributed by atoms with Gasteiger partial charge in [-0.3, -0.25) is 14.5 Å². The third-order valence-corrected chi connectivity index (χ3v) is 7.24. The summed E-state index contributed by atoms with van der Waals surface area (Å²) in [5, 5.41) is 2.92. The van der Waals surface area contributed by atoms with Crippen LogP contribution in [-0.2, 0) is 20.9 Å². The lowest BCUT2D eigenvalue weighted by Gasteiger charge is -2.42. The maximum absolute atomic E-state index is 13.2. The van der Waals surface area contributed by atoms with Crippen LogP contribution in [0, 0.1) is 11.3 Å². The molecule has 0 aromatic carbocycles. The van der Waals surface area contributed by atoms with Gasteiger partial charge < -0.3 is 19.4 Å². The van der Waals surface area contributed by atoms with Gasteiger partial charge in [0, 0.05) is 13.7 Å². The molecular weight excluding hydrogens is 398 g/mol. The highest BCUT2D eigenvalue weighted by atomic mass is 16.5. The van der Waals surface area contributed by atoms with Crippen LogP contribution in [0.2, 0.25) is 0 Å². The van der Waals surface area contributed by atoms with Crippen molar-refractivity contribution in [3.8, 4) is 0 Å². The number of imide groups is 1. The fourth-order valence-electron chi connectivity index (χ4n) is 4.66. The summed E-state index contributed by atoms with van der Waals surface area (Å²) in [5.41, 5.74) is -0.646. The molecule has 1 saturated heterocycles. The molecule has 0 bridgehead atoms. The van der Waals surface area contributed by atoms with Crippen molar-refractivity contribution in [3.63, 3.8) is 0 Å². The molecule has 1 aromatic heterocycles. The summed E-state index contributed by atoms with van der Waals surface area (Å²) in [6.07, 6.45) is 5.66. The Morgan fingerprint density at radius 2 is 2.06 bits per heavy atom. The number of amides is 4. The zero-order chi connectivity index (χ0) is 22.6. The molecule has 8 heteroatoms. The highest BCUT2D eigenvalue weighted by molar-refractivity contribution is 6.09. The summed E-state index contributed by atoms with van der Waals surface area (Å²) in [6.45, 7) is 7.41. The number of furan rings is 1. The molecule has 1 aromatic rings. The Labute approximate surface area is 184 Å². The smallest absolute Gasteiger partial charge is 0.325 e. The number of nitrogens with one attached hydrogen (secondary N) is 1. The van der Waals surface area contributed by atoms with E-state index in [1.165, 1.54) is 0 Å². The molecular formula is C23H35N3O5. The predicted octanol–water partition coefficient (Wildman–Crippen LogP) is 3.17. The monoisotopic (exact) mass is 433 g/mol. The summed E-state index contributed by atoms with van der Waals surface area (Å²) in [5.74, 6) is 0.578. The maximum atomic E-state index is 13.2. The van der Waals surface area contributed by atoms with Gasteiger partial charge in [0.25, 0.3) is 5.91 Å². The zero-order valence-electron chi connectivity index (χ0n) is 19.1. The van der Waals surface area contributed by atoms with E-state index in [1.807, 2.05) is 0 Å². The first-order valence-corrected chi connectivity index (χ1v) is 11.2. The molecule has 0 atom stereocenters. The van der Waals surface area contributed by atoms with Crippen molar-refractivity contribution in [1.29, 1.82) is 0 Å². The molecule has 3 rings (SSSR count). The average molecular weight is 434 g/mol. The van der Waals surface area contributed by atoms with Crippen LogP contribution in [-0.4, -0.2) is 60.0 Å². The number of hydrogen-bond acceptors (Lipinski definition) is 5. The standard InChI is InChI=1S/C23H35N3O5/c1-5-22(2,3)17-8-10-23(11-9-17)20(28)26(21(29)24-23)16-19(27)25(12-14-30-4)15-18-7-6-13-31-18/h6-7,13,17H,5,8-12,14-16H2,1-4H3,(H,24,29). The minimum Gasteiger partial charge on any atom is -0.467 e. The predicted molar refractivity (Wildman–Crippen MR) is 115 cm³/mol. The topological polar surface area (TPSA) is 92.1 Å². The number of urea groups is 1. The van der Waals surface area contributed by atoms with E-state index in [0.717, 1.165) is 24.2 Å². The van der Waals surface area contributed by atoms with E-state index < -0.39 is 11.6 Å². The molecule has 2 aliphatic rings. The van der Waals surface area contributed by atoms with Crippen LogP contribution in [0.25, 0.3) is 0 Å². The quantitative estimate of drug-likeness (QED) is 0.604. The first kappa shape index (κ1) is 23.3. The van der Waals surface area contributed by atoms with Crippen molar-refractivity contribution in [1.82, 2.24) is 15.1 Å². The van der Waals surface area contributed by atoms with Crippen LogP contribution in [0.1, 0.15) is 58.6 Å². The molecule has 172 valence electrons. The van der Waals surface area contributed by atoms with Crippen molar-refractivity contribution in [2.75, 3.05) is 26.8 Å². The van der Waals surface area contributed by atoms with Gasteiger partial charge in [-0.2, -0.15) is 0 Å². The van der Waals surface area contributed by atoms with Gasteiger partial charge in [-0.25, -0.2) is 4.79 Å². The lowest BCUT2D eigenvalue weighted by Crippen LogP contribution is -2.51. The number of rotatable bonds is 9. The molecule has 1 saturated carbocycles. The third-order valence-electron chi connectivity index (χ3n) is 7.24. The Balaban J connectivity index is 1.65. The summed E-state index contributed by atoms with van der Waals surface area (Å²) in [7, 11) is 1.56. The number of nitrogens with zero attached hydrogens (tertiary/aromatic N) is 2. The van der Waals surface area contributed by atoms with Crippen LogP contribution in [0.3, 0.4) is 0 Å². The fraction of sp³-hybridized carbons (Fsp3) is 0.696. The van der Waals surface area contributed by atoms with E-state index >= 15 is 0 Å². The lowest BCUT2D eigenvalue weighted by molar-refractivity contribution is -0.140. The molecule has 1 aliphatic heterocycles. The second kappa shape index (κ2) is 9.42. The molecule has 1 N–H and O–H groups in total. The average Bonchev–Trinajstić information content (AvgIpc) is 3.34. The normalized spacial score (nSPS) is 24.0. The Bertz CT molecular complexity index is 781. The SMILES string of the molecule is CCC(C)(C)C1CCC2(CC1)NC(=O)N(CC(=O)N(CCOC)Cc1ccco1)C2=O. The fourth-order valence-corrected chi connectivity index (χ4v) is 4.66. The summed E-state index contributed by atoms with van der Waals surface area (Å²) < 4.78 is 10.5. The van der Waals surface area contributed by atoms with Gasteiger partial charge in [-0.05, 0) is 49.1 Å². The lowest BCUT2D eigenvalue weighted by atomic mass is 9.65. The van der Waals surface area contributed by atoms with Crippen LogP contribution < -0.4 is 5.32 Å². The third kappa shape index (κ3) is 4.95. The Morgan fingerprint density at radius 3 is 2.65 bits per heavy atom. The van der Waals surface area contributed by atoms with Gasteiger partial charge >= 0.3 is 6.03 Å². The highest BCUT2D eigenvalue weighted by Gasteiger charge is 2.53. The number of ether oxygens (including phenoxy) is 1. The van der Waals surface area contributed by atoms with E-state index in [2.05, 4.69) is 26.1 Å². The summed E-state index contributed by atoms with van der Waals surface area (Å²) in [6, 6.07) is 3.06. The largest absolute Gasteiger partial charge is 0.467 e. The van der Waals surface area contributed by atoms with E-state index in [-0.39, 0.29) is 30.3 Å². The van der Waals surface area contributed by atoms with Gasteiger partial charge in [0.1, 0.15) is 17.8 Å². The van der Waals surface area contributed by atoms with E-state index in [0.29, 0.717) is 37.7 Å². The minimum absolute atomic E-state index is 0.219. The molecule has 2 fully saturated rings. The Morgan fingerprint density at radius 1 is 1.35 bits per heavy atom.